The zero-order chi connectivity index (χ0) is 12.3. The van der Waals surface area contributed by atoms with Crippen LogP contribution in [0.15, 0.2) is 18.2 Å². The number of methoxy groups -OCH3 is 1. The van der Waals surface area contributed by atoms with Gasteiger partial charge < -0.3 is 14.4 Å². The number of carbonyl (C=O) groups excluding carboxylic acids is 1. The SMILES string of the molecule is COc1ccc2c(c1)OC(C=O)N2CCCBr. The van der Waals surface area contributed by atoms with Gasteiger partial charge in [0.25, 0.3) is 0 Å². The summed E-state index contributed by atoms with van der Waals surface area (Å²) < 4.78 is 10.7. The maximum atomic E-state index is 11.0. The van der Waals surface area contributed by atoms with E-state index < -0.39 is 6.23 Å². The molecule has 1 aromatic carbocycles. The Morgan fingerprint density at radius 1 is 1.59 bits per heavy atom. The average Bonchev–Trinajstić information content (AvgIpc) is 2.72. The van der Waals surface area contributed by atoms with Crippen molar-refractivity contribution in [2.75, 3.05) is 23.9 Å². The van der Waals surface area contributed by atoms with Crippen molar-refractivity contribution in [3.8, 4) is 11.5 Å². The number of rotatable bonds is 5. The normalized spacial score (nSPS) is 17.5. The molecule has 0 aromatic heterocycles. The van der Waals surface area contributed by atoms with Gasteiger partial charge in [-0.1, -0.05) is 15.9 Å². The van der Waals surface area contributed by atoms with Gasteiger partial charge in [0.2, 0.25) is 6.23 Å². The lowest BCUT2D eigenvalue weighted by molar-refractivity contribution is -0.113. The predicted molar refractivity (Wildman–Crippen MR) is 69.2 cm³/mol. The number of anilines is 1. The van der Waals surface area contributed by atoms with Gasteiger partial charge in [-0.05, 0) is 18.6 Å². The van der Waals surface area contributed by atoms with Gasteiger partial charge in [0.05, 0.1) is 12.8 Å². The Balaban J connectivity index is 2.25. The monoisotopic (exact) mass is 299 g/mol. The molecule has 92 valence electrons. The van der Waals surface area contributed by atoms with Gasteiger partial charge in [-0.3, -0.25) is 4.79 Å². The highest BCUT2D eigenvalue weighted by molar-refractivity contribution is 9.09. The number of alkyl halides is 1. The largest absolute Gasteiger partial charge is 0.497 e. The maximum Gasteiger partial charge on any atom is 0.229 e. The molecule has 0 aliphatic carbocycles. The van der Waals surface area contributed by atoms with E-state index in [1.54, 1.807) is 13.2 Å². The molecule has 0 N–H and O–H groups in total. The minimum Gasteiger partial charge on any atom is -0.497 e. The number of aldehydes is 1. The minimum absolute atomic E-state index is 0.517. The molecule has 0 fully saturated rings. The molecule has 1 atom stereocenters. The lowest BCUT2D eigenvalue weighted by Crippen LogP contribution is -2.36. The van der Waals surface area contributed by atoms with Crippen LogP contribution in [0, 0.1) is 0 Å². The van der Waals surface area contributed by atoms with E-state index in [4.69, 9.17) is 9.47 Å². The second-order valence-corrected chi connectivity index (χ2v) is 4.51. The van der Waals surface area contributed by atoms with Crippen molar-refractivity contribution in [1.29, 1.82) is 0 Å². The van der Waals surface area contributed by atoms with Crippen molar-refractivity contribution in [2.24, 2.45) is 0 Å². The van der Waals surface area contributed by atoms with Crippen LogP contribution in [0.5, 0.6) is 11.5 Å². The van der Waals surface area contributed by atoms with Crippen LogP contribution in [0.3, 0.4) is 0 Å². The zero-order valence-corrected chi connectivity index (χ0v) is 11.1. The standard InChI is InChI=1S/C12H14BrNO3/c1-16-9-3-4-10-11(7-9)17-12(8-15)14(10)6-2-5-13/h3-4,7-8,12H,2,5-6H2,1H3. The predicted octanol–water partition coefficient (Wildman–Crippen LogP) is 2.20. The minimum atomic E-state index is -0.517. The van der Waals surface area contributed by atoms with Crippen LogP contribution >= 0.6 is 15.9 Å². The first-order chi connectivity index (χ1) is 8.30. The van der Waals surface area contributed by atoms with Gasteiger partial charge in [-0.15, -0.1) is 0 Å². The number of ether oxygens (including phenoxy) is 2. The first-order valence-electron chi connectivity index (χ1n) is 5.42. The summed E-state index contributed by atoms with van der Waals surface area (Å²) in [6.07, 6.45) is 1.26. The van der Waals surface area contributed by atoms with Crippen LogP contribution in [0.4, 0.5) is 5.69 Å². The Hall–Kier alpha value is -1.23. The van der Waals surface area contributed by atoms with Crippen LogP contribution in [0.1, 0.15) is 6.42 Å². The molecule has 1 unspecified atom stereocenters. The smallest absolute Gasteiger partial charge is 0.229 e. The van der Waals surface area contributed by atoms with Crippen molar-refractivity contribution in [3.63, 3.8) is 0 Å². The Morgan fingerprint density at radius 3 is 3.06 bits per heavy atom. The zero-order valence-electron chi connectivity index (χ0n) is 9.56. The summed E-state index contributed by atoms with van der Waals surface area (Å²) in [5.41, 5.74) is 0.948. The van der Waals surface area contributed by atoms with E-state index in [0.717, 1.165) is 36.0 Å². The van der Waals surface area contributed by atoms with Crippen molar-refractivity contribution in [3.05, 3.63) is 18.2 Å². The lowest BCUT2D eigenvalue weighted by Gasteiger charge is -2.20. The van der Waals surface area contributed by atoms with E-state index in [1.165, 1.54) is 0 Å². The highest BCUT2D eigenvalue weighted by Crippen LogP contribution is 2.39. The molecule has 1 aliphatic heterocycles. The van der Waals surface area contributed by atoms with Crippen LogP contribution in [0.25, 0.3) is 0 Å². The highest BCUT2D eigenvalue weighted by atomic mass is 79.9. The molecular weight excluding hydrogens is 286 g/mol. The fourth-order valence-electron chi connectivity index (χ4n) is 1.86. The molecule has 17 heavy (non-hydrogen) atoms. The van der Waals surface area contributed by atoms with E-state index in [9.17, 15) is 4.79 Å². The summed E-state index contributed by atoms with van der Waals surface area (Å²) in [5.74, 6) is 1.44. The summed E-state index contributed by atoms with van der Waals surface area (Å²) in [5, 5.41) is 0.903. The summed E-state index contributed by atoms with van der Waals surface area (Å²) in [7, 11) is 1.61. The van der Waals surface area contributed by atoms with Gasteiger partial charge in [-0.25, -0.2) is 0 Å². The van der Waals surface area contributed by atoms with Crippen LogP contribution in [-0.4, -0.2) is 31.5 Å². The third-order valence-corrected chi connectivity index (χ3v) is 3.24. The van der Waals surface area contributed by atoms with Crippen molar-refractivity contribution in [1.82, 2.24) is 0 Å². The van der Waals surface area contributed by atoms with E-state index in [2.05, 4.69) is 15.9 Å². The number of nitrogens with zero attached hydrogens (tertiary/aromatic N) is 1. The fourth-order valence-corrected chi connectivity index (χ4v) is 2.11. The molecule has 0 bridgehead atoms. The first-order valence-corrected chi connectivity index (χ1v) is 6.55. The molecule has 2 rings (SSSR count). The molecule has 4 nitrogen and oxygen atoms in total. The van der Waals surface area contributed by atoms with Crippen LogP contribution in [0.2, 0.25) is 0 Å². The summed E-state index contributed by atoms with van der Waals surface area (Å²) in [4.78, 5) is 13.0. The molecule has 0 radical (unpaired) electrons. The van der Waals surface area contributed by atoms with Crippen molar-refractivity contribution >= 4 is 27.9 Å². The number of halogens is 1. The number of benzene rings is 1. The number of hydrogen-bond donors (Lipinski definition) is 0. The molecule has 0 saturated carbocycles. The van der Waals surface area contributed by atoms with Crippen molar-refractivity contribution in [2.45, 2.75) is 12.6 Å². The summed E-state index contributed by atoms with van der Waals surface area (Å²) in [6, 6.07) is 5.60. The van der Waals surface area contributed by atoms with Gasteiger partial charge in [0.15, 0.2) is 6.29 Å². The van der Waals surface area contributed by atoms with E-state index in [-0.39, 0.29) is 0 Å². The van der Waals surface area contributed by atoms with Crippen LogP contribution < -0.4 is 14.4 Å². The van der Waals surface area contributed by atoms with Gasteiger partial charge in [0, 0.05) is 17.9 Å². The third kappa shape index (κ3) is 2.39. The molecule has 1 heterocycles. The molecular formula is C12H14BrNO3. The van der Waals surface area contributed by atoms with Gasteiger partial charge in [0.1, 0.15) is 11.5 Å². The lowest BCUT2D eigenvalue weighted by atomic mass is 10.2. The summed E-state index contributed by atoms with van der Waals surface area (Å²) >= 11 is 3.39. The molecule has 0 saturated heterocycles. The first kappa shape index (κ1) is 12.2. The van der Waals surface area contributed by atoms with E-state index in [0.29, 0.717) is 5.75 Å². The average molecular weight is 300 g/mol. The van der Waals surface area contributed by atoms with Crippen molar-refractivity contribution < 1.29 is 14.3 Å². The third-order valence-electron chi connectivity index (χ3n) is 2.68. The molecule has 5 heteroatoms. The topological polar surface area (TPSA) is 38.8 Å². The maximum absolute atomic E-state index is 11.0. The highest BCUT2D eigenvalue weighted by Gasteiger charge is 2.30. The molecule has 1 aliphatic rings. The number of hydrogen-bond acceptors (Lipinski definition) is 4. The second kappa shape index (κ2) is 5.40. The van der Waals surface area contributed by atoms with Crippen LogP contribution in [-0.2, 0) is 4.79 Å². The molecule has 0 spiro atoms. The Kier molecular flexibility index (Phi) is 3.89. The van der Waals surface area contributed by atoms with E-state index in [1.807, 2.05) is 17.0 Å². The number of fused-ring (bicyclic) bond motifs is 1. The molecule has 0 amide bonds. The number of carbonyl (C=O) groups is 1. The quantitative estimate of drug-likeness (QED) is 0.617. The second-order valence-electron chi connectivity index (χ2n) is 3.71. The summed E-state index contributed by atoms with van der Waals surface area (Å²) in [6.45, 7) is 0.786. The Labute approximate surface area is 109 Å². The Morgan fingerprint density at radius 2 is 2.41 bits per heavy atom. The Bertz CT molecular complexity index is 411. The van der Waals surface area contributed by atoms with Gasteiger partial charge >= 0.3 is 0 Å². The fraction of sp³-hybridized carbons (Fsp3) is 0.417. The van der Waals surface area contributed by atoms with E-state index >= 15 is 0 Å². The van der Waals surface area contributed by atoms with Gasteiger partial charge in [-0.2, -0.15) is 0 Å². The molecule has 1 aromatic rings.